The molecule has 7 nitrogen and oxygen atoms in total. The summed E-state index contributed by atoms with van der Waals surface area (Å²) in [7, 11) is 1.77. The Bertz CT molecular complexity index is 763. The standard InChI is InChI=1S/C26H44N2O5S/c1-4-5-6-7-8-9-10-11-12-13-14-15-16-23(22(29)17-18-24(30)31)34-26-27-20(2)21(28(26)3)19-25(32)33/h15-16,22-23,29H,4-14,17-19H2,1-3H3,(H,30,31)(H,32,33). The summed E-state index contributed by atoms with van der Waals surface area (Å²) in [5, 5.41) is 29.0. The number of carboxylic acids is 2. The zero-order valence-electron chi connectivity index (χ0n) is 21.2. The van der Waals surface area contributed by atoms with Gasteiger partial charge in [0.25, 0.3) is 0 Å². The number of rotatable bonds is 20. The second kappa shape index (κ2) is 17.6. The van der Waals surface area contributed by atoms with Gasteiger partial charge in [-0.2, -0.15) is 0 Å². The number of allylic oxidation sites excluding steroid dienone is 1. The number of imidazole rings is 1. The Hall–Kier alpha value is -1.80. The van der Waals surface area contributed by atoms with Gasteiger partial charge >= 0.3 is 11.9 Å². The summed E-state index contributed by atoms with van der Waals surface area (Å²) >= 11 is 1.35. The average molecular weight is 497 g/mol. The van der Waals surface area contributed by atoms with Crippen molar-refractivity contribution in [3.8, 4) is 0 Å². The van der Waals surface area contributed by atoms with Crippen molar-refractivity contribution in [1.82, 2.24) is 9.55 Å². The molecule has 0 aromatic carbocycles. The molecule has 0 spiro atoms. The summed E-state index contributed by atoms with van der Waals surface area (Å²) < 4.78 is 1.75. The zero-order chi connectivity index (χ0) is 25.3. The fourth-order valence-corrected chi connectivity index (χ4v) is 5.10. The van der Waals surface area contributed by atoms with Crippen LogP contribution in [0, 0.1) is 6.92 Å². The zero-order valence-corrected chi connectivity index (χ0v) is 22.0. The summed E-state index contributed by atoms with van der Waals surface area (Å²) in [6.07, 6.45) is 16.9. The highest BCUT2D eigenvalue weighted by molar-refractivity contribution is 8.00. The predicted octanol–water partition coefficient (Wildman–Crippen LogP) is 5.91. The Balaban J connectivity index is 2.56. The maximum Gasteiger partial charge on any atom is 0.309 e. The second-order valence-electron chi connectivity index (χ2n) is 9.04. The first-order chi connectivity index (χ1) is 16.3. The molecule has 34 heavy (non-hydrogen) atoms. The van der Waals surface area contributed by atoms with Crippen LogP contribution in [0.3, 0.4) is 0 Å². The largest absolute Gasteiger partial charge is 0.481 e. The number of aliphatic hydroxyl groups excluding tert-OH is 1. The van der Waals surface area contributed by atoms with Crippen molar-refractivity contribution in [1.29, 1.82) is 0 Å². The molecule has 2 atom stereocenters. The smallest absolute Gasteiger partial charge is 0.309 e. The molecule has 0 saturated carbocycles. The van der Waals surface area contributed by atoms with E-state index >= 15 is 0 Å². The lowest BCUT2D eigenvalue weighted by Gasteiger charge is -2.19. The van der Waals surface area contributed by atoms with Crippen LogP contribution < -0.4 is 0 Å². The lowest BCUT2D eigenvalue weighted by Crippen LogP contribution is -2.22. The Morgan fingerprint density at radius 3 is 2.15 bits per heavy atom. The number of hydrogen-bond donors (Lipinski definition) is 3. The van der Waals surface area contributed by atoms with Crippen molar-refractivity contribution >= 4 is 23.7 Å². The quantitative estimate of drug-likeness (QED) is 0.117. The first-order valence-corrected chi connectivity index (χ1v) is 13.6. The van der Waals surface area contributed by atoms with Crippen LogP contribution in [0.4, 0.5) is 0 Å². The molecule has 3 N–H and O–H groups in total. The van der Waals surface area contributed by atoms with E-state index in [2.05, 4.69) is 18.0 Å². The number of aryl methyl sites for hydroxylation is 1. The molecule has 0 saturated heterocycles. The fraction of sp³-hybridized carbons (Fsp3) is 0.731. The van der Waals surface area contributed by atoms with Gasteiger partial charge in [-0.25, -0.2) is 4.98 Å². The van der Waals surface area contributed by atoms with Gasteiger partial charge in [-0.15, -0.1) is 0 Å². The molecule has 0 radical (unpaired) electrons. The van der Waals surface area contributed by atoms with Gasteiger partial charge in [-0.1, -0.05) is 88.6 Å². The minimum absolute atomic E-state index is 0.103. The number of unbranched alkanes of at least 4 members (excludes halogenated alkanes) is 10. The van der Waals surface area contributed by atoms with Crippen molar-refractivity contribution in [2.75, 3.05) is 0 Å². The Morgan fingerprint density at radius 2 is 1.59 bits per heavy atom. The lowest BCUT2D eigenvalue weighted by atomic mass is 10.1. The lowest BCUT2D eigenvalue weighted by molar-refractivity contribution is -0.138. The second-order valence-corrected chi connectivity index (χ2v) is 10.2. The maximum atomic E-state index is 11.1. The molecular formula is C26H44N2O5S. The molecule has 1 heterocycles. The molecule has 194 valence electrons. The van der Waals surface area contributed by atoms with Gasteiger partial charge in [0.05, 0.1) is 29.2 Å². The number of nitrogens with zero attached hydrogens (tertiary/aromatic N) is 2. The monoisotopic (exact) mass is 496 g/mol. The molecule has 0 aliphatic carbocycles. The molecule has 0 aliphatic rings. The topological polar surface area (TPSA) is 113 Å². The summed E-state index contributed by atoms with van der Waals surface area (Å²) in [5.41, 5.74) is 1.28. The summed E-state index contributed by atoms with van der Waals surface area (Å²) in [5.74, 6) is -1.86. The van der Waals surface area contributed by atoms with Crippen LogP contribution in [0.15, 0.2) is 17.3 Å². The Kier molecular flexibility index (Phi) is 15.7. The maximum absolute atomic E-state index is 11.1. The number of aliphatic carboxylic acids is 2. The van der Waals surface area contributed by atoms with Crippen LogP contribution in [0.25, 0.3) is 0 Å². The average Bonchev–Trinajstić information content (AvgIpc) is 3.04. The Morgan fingerprint density at radius 1 is 1.00 bits per heavy atom. The van der Waals surface area contributed by atoms with E-state index in [1.54, 1.807) is 18.5 Å². The number of thioether (sulfide) groups is 1. The van der Waals surface area contributed by atoms with E-state index in [-0.39, 0.29) is 24.5 Å². The SMILES string of the molecule is CCCCCCCCCCCCC=CC(Sc1nc(C)c(CC(=O)O)n1C)C(O)CCC(=O)O. The van der Waals surface area contributed by atoms with Gasteiger partial charge in [-0.3, -0.25) is 9.59 Å². The van der Waals surface area contributed by atoms with E-state index in [0.29, 0.717) is 16.5 Å². The number of hydrogen-bond acceptors (Lipinski definition) is 5. The van der Waals surface area contributed by atoms with Crippen LogP contribution in [0.5, 0.6) is 0 Å². The molecule has 0 amide bonds. The van der Waals surface area contributed by atoms with Gasteiger partial charge in [0.2, 0.25) is 0 Å². The van der Waals surface area contributed by atoms with E-state index < -0.39 is 18.0 Å². The van der Waals surface area contributed by atoms with E-state index in [1.165, 1.54) is 69.5 Å². The van der Waals surface area contributed by atoms with Crippen molar-refractivity contribution in [3.63, 3.8) is 0 Å². The molecule has 0 aliphatic heterocycles. The minimum atomic E-state index is -0.936. The Labute approximate surface area is 209 Å². The molecule has 0 fully saturated rings. The third kappa shape index (κ3) is 12.6. The van der Waals surface area contributed by atoms with Crippen molar-refractivity contribution in [2.24, 2.45) is 7.05 Å². The molecule has 2 unspecified atom stereocenters. The van der Waals surface area contributed by atoms with Gasteiger partial charge in [0.15, 0.2) is 5.16 Å². The first-order valence-electron chi connectivity index (χ1n) is 12.7. The highest BCUT2D eigenvalue weighted by atomic mass is 32.2. The summed E-state index contributed by atoms with van der Waals surface area (Å²) in [4.78, 5) is 26.6. The van der Waals surface area contributed by atoms with Gasteiger partial charge in [0.1, 0.15) is 0 Å². The molecule has 1 rings (SSSR count). The number of carbonyl (C=O) groups is 2. The van der Waals surface area contributed by atoms with E-state index in [1.807, 2.05) is 6.08 Å². The normalized spacial score (nSPS) is 13.4. The fourth-order valence-electron chi connectivity index (χ4n) is 3.92. The van der Waals surface area contributed by atoms with Crippen molar-refractivity contribution < 1.29 is 24.9 Å². The first kappa shape index (κ1) is 30.2. The van der Waals surface area contributed by atoms with Gasteiger partial charge < -0.3 is 19.9 Å². The van der Waals surface area contributed by atoms with Crippen molar-refractivity contribution in [3.05, 3.63) is 23.5 Å². The number of carboxylic acid groups (broad SMARTS) is 2. The number of aliphatic hydroxyl groups is 1. The highest BCUT2D eigenvalue weighted by Gasteiger charge is 2.23. The van der Waals surface area contributed by atoms with Crippen LogP contribution in [-0.4, -0.2) is 48.2 Å². The molecular weight excluding hydrogens is 452 g/mol. The third-order valence-electron chi connectivity index (χ3n) is 6.02. The van der Waals surface area contributed by atoms with Crippen LogP contribution in [-0.2, 0) is 23.1 Å². The summed E-state index contributed by atoms with van der Waals surface area (Å²) in [6, 6.07) is 0. The van der Waals surface area contributed by atoms with E-state index in [0.717, 1.165) is 12.8 Å². The third-order valence-corrected chi connectivity index (χ3v) is 7.34. The van der Waals surface area contributed by atoms with Crippen LogP contribution in [0.2, 0.25) is 0 Å². The van der Waals surface area contributed by atoms with Gasteiger partial charge in [-0.05, 0) is 26.2 Å². The molecule has 0 bridgehead atoms. The molecule has 1 aromatic rings. The van der Waals surface area contributed by atoms with E-state index in [9.17, 15) is 14.7 Å². The highest BCUT2D eigenvalue weighted by Crippen LogP contribution is 2.29. The summed E-state index contributed by atoms with van der Waals surface area (Å²) in [6.45, 7) is 4.02. The van der Waals surface area contributed by atoms with Crippen LogP contribution >= 0.6 is 11.8 Å². The molecule has 8 heteroatoms. The van der Waals surface area contributed by atoms with Gasteiger partial charge in [0, 0.05) is 13.5 Å². The van der Waals surface area contributed by atoms with E-state index in [4.69, 9.17) is 10.2 Å². The minimum Gasteiger partial charge on any atom is -0.481 e. The van der Waals surface area contributed by atoms with Crippen molar-refractivity contribution in [2.45, 2.75) is 120 Å². The number of aromatic nitrogens is 2. The predicted molar refractivity (Wildman–Crippen MR) is 137 cm³/mol. The van der Waals surface area contributed by atoms with Crippen LogP contribution in [0.1, 0.15) is 102 Å². The molecule has 1 aromatic heterocycles.